The summed E-state index contributed by atoms with van der Waals surface area (Å²) in [4.78, 5) is 13.1. The van der Waals surface area contributed by atoms with E-state index in [0.29, 0.717) is 5.92 Å². The molecular formula is C16H26N2OS. The van der Waals surface area contributed by atoms with Crippen LogP contribution in [0.4, 0.5) is 0 Å². The predicted molar refractivity (Wildman–Crippen MR) is 87.1 cm³/mol. The normalized spacial score (nSPS) is 12.4. The maximum Gasteiger partial charge on any atom is 0.236 e. The van der Waals surface area contributed by atoms with Gasteiger partial charge in [-0.05, 0) is 31.4 Å². The second-order valence-corrected chi connectivity index (χ2v) is 6.48. The molecule has 20 heavy (non-hydrogen) atoms. The van der Waals surface area contributed by atoms with Gasteiger partial charge < -0.3 is 10.6 Å². The highest BCUT2D eigenvalue weighted by atomic mass is 32.2. The van der Waals surface area contributed by atoms with Gasteiger partial charge in [0.25, 0.3) is 0 Å². The zero-order valence-corrected chi connectivity index (χ0v) is 13.5. The smallest absolute Gasteiger partial charge is 0.236 e. The third kappa shape index (κ3) is 7.56. The third-order valence-electron chi connectivity index (χ3n) is 2.98. The molecule has 0 aliphatic rings. The van der Waals surface area contributed by atoms with Crippen LogP contribution in [0.2, 0.25) is 0 Å². The van der Waals surface area contributed by atoms with E-state index in [0.717, 1.165) is 25.3 Å². The first kappa shape index (κ1) is 17.1. The molecule has 0 heterocycles. The number of benzene rings is 1. The highest BCUT2D eigenvalue weighted by Crippen LogP contribution is 2.15. The minimum Gasteiger partial charge on any atom is -0.355 e. The Labute approximate surface area is 126 Å². The molecular weight excluding hydrogens is 268 g/mol. The Morgan fingerprint density at radius 1 is 1.15 bits per heavy atom. The minimum atomic E-state index is -0.126. The van der Waals surface area contributed by atoms with Crippen LogP contribution in [0.3, 0.4) is 0 Å². The van der Waals surface area contributed by atoms with Crippen molar-refractivity contribution in [1.29, 1.82) is 0 Å². The van der Waals surface area contributed by atoms with Crippen molar-refractivity contribution in [2.75, 3.05) is 18.8 Å². The summed E-state index contributed by atoms with van der Waals surface area (Å²) >= 11 is 1.80. The summed E-state index contributed by atoms with van der Waals surface area (Å²) in [5.74, 6) is 1.68. The molecule has 3 nitrogen and oxygen atoms in total. The second-order valence-electron chi connectivity index (χ2n) is 5.31. The molecule has 0 aliphatic carbocycles. The van der Waals surface area contributed by atoms with Crippen molar-refractivity contribution in [3.63, 3.8) is 0 Å². The number of rotatable bonds is 9. The van der Waals surface area contributed by atoms with E-state index in [4.69, 9.17) is 0 Å². The van der Waals surface area contributed by atoms with Gasteiger partial charge in [-0.3, -0.25) is 4.79 Å². The van der Waals surface area contributed by atoms with Crippen LogP contribution in [-0.2, 0) is 4.79 Å². The molecule has 0 saturated heterocycles. The molecule has 1 unspecified atom stereocenters. The number of thioether (sulfide) groups is 1. The molecule has 0 saturated carbocycles. The van der Waals surface area contributed by atoms with Gasteiger partial charge in [-0.15, -0.1) is 11.8 Å². The minimum absolute atomic E-state index is 0.0929. The molecule has 1 atom stereocenters. The van der Waals surface area contributed by atoms with Crippen molar-refractivity contribution in [1.82, 2.24) is 10.6 Å². The summed E-state index contributed by atoms with van der Waals surface area (Å²) in [5.41, 5.74) is 0. The maximum atomic E-state index is 11.8. The SMILES string of the molecule is CC(C)CCNC(=O)C(C)NCCSc1ccccc1. The van der Waals surface area contributed by atoms with Gasteiger partial charge in [0.15, 0.2) is 0 Å². The highest BCUT2D eigenvalue weighted by molar-refractivity contribution is 7.99. The Hall–Kier alpha value is -1.00. The number of hydrogen-bond acceptors (Lipinski definition) is 3. The average Bonchev–Trinajstić information content (AvgIpc) is 2.44. The van der Waals surface area contributed by atoms with Crippen LogP contribution in [0, 0.1) is 5.92 Å². The van der Waals surface area contributed by atoms with Crippen molar-refractivity contribution in [2.45, 2.75) is 38.1 Å². The Morgan fingerprint density at radius 2 is 1.85 bits per heavy atom. The highest BCUT2D eigenvalue weighted by Gasteiger charge is 2.10. The molecule has 0 aromatic heterocycles. The van der Waals surface area contributed by atoms with Gasteiger partial charge in [0.05, 0.1) is 6.04 Å². The molecule has 112 valence electrons. The van der Waals surface area contributed by atoms with Crippen LogP contribution in [0.5, 0.6) is 0 Å². The molecule has 0 spiro atoms. The first-order valence-corrected chi connectivity index (χ1v) is 8.27. The van der Waals surface area contributed by atoms with Gasteiger partial charge in [0, 0.05) is 23.7 Å². The molecule has 0 aliphatic heterocycles. The van der Waals surface area contributed by atoms with E-state index < -0.39 is 0 Å². The molecule has 1 aromatic carbocycles. The standard InChI is InChI=1S/C16H26N2OS/c1-13(2)9-10-18-16(19)14(3)17-11-12-20-15-7-5-4-6-8-15/h4-8,13-14,17H,9-12H2,1-3H3,(H,18,19). The van der Waals surface area contributed by atoms with E-state index in [1.54, 1.807) is 11.8 Å². The molecule has 1 aromatic rings. The van der Waals surface area contributed by atoms with Crippen molar-refractivity contribution in [3.05, 3.63) is 30.3 Å². The lowest BCUT2D eigenvalue weighted by Crippen LogP contribution is -2.43. The molecule has 0 radical (unpaired) electrons. The van der Waals surface area contributed by atoms with E-state index in [9.17, 15) is 4.79 Å². The van der Waals surface area contributed by atoms with Gasteiger partial charge in [-0.25, -0.2) is 0 Å². The fraction of sp³-hybridized carbons (Fsp3) is 0.562. The van der Waals surface area contributed by atoms with Crippen molar-refractivity contribution >= 4 is 17.7 Å². The lowest BCUT2D eigenvalue weighted by atomic mass is 10.1. The zero-order valence-electron chi connectivity index (χ0n) is 12.7. The third-order valence-corrected chi connectivity index (χ3v) is 3.99. The predicted octanol–water partition coefficient (Wildman–Crippen LogP) is 2.92. The Morgan fingerprint density at radius 3 is 2.50 bits per heavy atom. The molecule has 2 N–H and O–H groups in total. The van der Waals surface area contributed by atoms with Gasteiger partial charge in [-0.2, -0.15) is 0 Å². The van der Waals surface area contributed by atoms with Crippen LogP contribution in [0.15, 0.2) is 35.2 Å². The number of carbonyl (C=O) groups is 1. The van der Waals surface area contributed by atoms with Crippen LogP contribution >= 0.6 is 11.8 Å². The lowest BCUT2D eigenvalue weighted by Gasteiger charge is -2.14. The monoisotopic (exact) mass is 294 g/mol. The van der Waals surface area contributed by atoms with Crippen molar-refractivity contribution < 1.29 is 4.79 Å². The van der Waals surface area contributed by atoms with Crippen LogP contribution in [-0.4, -0.2) is 30.8 Å². The van der Waals surface area contributed by atoms with Crippen molar-refractivity contribution in [2.24, 2.45) is 5.92 Å². The van der Waals surface area contributed by atoms with E-state index >= 15 is 0 Å². The quantitative estimate of drug-likeness (QED) is 0.543. The van der Waals surface area contributed by atoms with E-state index in [1.165, 1.54) is 4.90 Å². The Bertz CT molecular complexity index is 381. The molecule has 4 heteroatoms. The number of carbonyl (C=O) groups excluding carboxylic acids is 1. The maximum absolute atomic E-state index is 11.8. The summed E-state index contributed by atoms with van der Waals surface area (Å²) in [6.45, 7) is 7.83. The number of hydrogen-bond donors (Lipinski definition) is 2. The summed E-state index contributed by atoms with van der Waals surface area (Å²) in [6.07, 6.45) is 1.03. The van der Waals surface area contributed by atoms with E-state index in [-0.39, 0.29) is 11.9 Å². The lowest BCUT2D eigenvalue weighted by molar-refractivity contribution is -0.122. The Kier molecular flexibility index (Phi) is 8.38. The van der Waals surface area contributed by atoms with Gasteiger partial charge in [0.2, 0.25) is 5.91 Å². The van der Waals surface area contributed by atoms with Gasteiger partial charge in [-0.1, -0.05) is 32.0 Å². The van der Waals surface area contributed by atoms with Gasteiger partial charge in [0.1, 0.15) is 0 Å². The Balaban J connectivity index is 2.10. The first-order chi connectivity index (χ1) is 9.59. The summed E-state index contributed by atoms with van der Waals surface area (Å²) < 4.78 is 0. The van der Waals surface area contributed by atoms with Crippen LogP contribution in [0.1, 0.15) is 27.2 Å². The van der Waals surface area contributed by atoms with Crippen molar-refractivity contribution in [3.8, 4) is 0 Å². The number of amides is 1. The molecule has 0 fully saturated rings. The molecule has 1 rings (SSSR count). The van der Waals surface area contributed by atoms with Crippen LogP contribution in [0.25, 0.3) is 0 Å². The van der Waals surface area contributed by atoms with E-state index in [2.05, 4.69) is 36.6 Å². The van der Waals surface area contributed by atoms with Gasteiger partial charge >= 0.3 is 0 Å². The fourth-order valence-corrected chi connectivity index (χ4v) is 2.50. The average molecular weight is 294 g/mol. The zero-order chi connectivity index (χ0) is 14.8. The second kappa shape index (κ2) is 9.83. The topological polar surface area (TPSA) is 41.1 Å². The van der Waals surface area contributed by atoms with Crippen LogP contribution < -0.4 is 10.6 Å². The summed E-state index contributed by atoms with van der Waals surface area (Å²) in [6, 6.07) is 10.2. The fourth-order valence-electron chi connectivity index (χ4n) is 1.69. The number of nitrogens with one attached hydrogen (secondary N) is 2. The molecule has 1 amide bonds. The molecule has 0 bridgehead atoms. The largest absolute Gasteiger partial charge is 0.355 e. The summed E-state index contributed by atoms with van der Waals surface area (Å²) in [5, 5.41) is 6.22. The first-order valence-electron chi connectivity index (χ1n) is 7.28. The summed E-state index contributed by atoms with van der Waals surface area (Å²) in [7, 11) is 0. The van der Waals surface area contributed by atoms with E-state index in [1.807, 2.05) is 25.1 Å².